The molecule has 6 nitrogen and oxygen atoms in total. The van der Waals surface area contributed by atoms with Crippen molar-refractivity contribution in [2.24, 2.45) is 5.73 Å². The van der Waals surface area contributed by atoms with Gasteiger partial charge in [-0.3, -0.25) is 10.1 Å². The maximum Gasteiger partial charge on any atom is 0.416 e. The fraction of sp³-hybridized carbons (Fsp3) is 0.364. The van der Waals surface area contributed by atoms with Gasteiger partial charge in [0.2, 0.25) is 0 Å². The molecule has 10 heteroatoms. The van der Waals surface area contributed by atoms with Gasteiger partial charge in [-0.2, -0.15) is 26.3 Å². The third kappa shape index (κ3) is 4.08. The fourth-order valence-corrected chi connectivity index (χ4v) is 2.83. The Kier molecular flexibility index (Phi) is 3.85. The molecule has 0 aliphatic heterocycles. The van der Waals surface area contributed by atoms with Crippen LogP contribution in [-0.2, 0) is 16.4 Å². The number of nitrogen functional groups attached to an aromatic ring is 1. The highest BCUT2D eigenvalue weighted by Crippen LogP contribution is 2.32. The van der Waals surface area contributed by atoms with Crippen LogP contribution in [-0.4, -0.2) is 20.3 Å². The van der Waals surface area contributed by atoms with Gasteiger partial charge in [-0.05, 0) is 31.0 Å². The number of rotatable bonds is 5. The van der Waals surface area contributed by atoms with E-state index in [1.54, 1.807) is 0 Å². The van der Waals surface area contributed by atoms with E-state index in [4.69, 9.17) is 11.1 Å². The summed E-state index contributed by atoms with van der Waals surface area (Å²) in [4.78, 5) is 0. The van der Waals surface area contributed by atoms with Crippen LogP contribution in [0.25, 0.3) is 0 Å². The molecule has 1 aliphatic carbocycles. The van der Waals surface area contributed by atoms with E-state index in [0.717, 1.165) is 12.1 Å². The maximum atomic E-state index is 12.6. The first-order chi connectivity index (χ1) is 9.58. The third-order valence-corrected chi connectivity index (χ3v) is 3.91. The number of benzene rings is 1. The number of nitrogens with one attached hydrogen (secondary N) is 3. The number of alkyl halides is 3. The molecule has 1 aliphatic rings. The van der Waals surface area contributed by atoms with Crippen LogP contribution in [0.3, 0.4) is 0 Å². The van der Waals surface area contributed by atoms with Gasteiger partial charge in [-0.15, -0.1) is 0 Å². The standard InChI is InChI=1S/C11H13F3N4O2S/c12-11(13,14)6-1-4-9(8(5-6)10(15)16)18-21(19,20)17-7-2-3-7/h1,4-5,7,17-18H,2-3H2,(H3,15,16). The number of anilines is 1. The van der Waals surface area contributed by atoms with Gasteiger partial charge in [0.15, 0.2) is 0 Å². The number of hydrogen-bond donors (Lipinski definition) is 4. The summed E-state index contributed by atoms with van der Waals surface area (Å²) >= 11 is 0. The molecule has 1 fully saturated rings. The van der Waals surface area contributed by atoms with E-state index in [9.17, 15) is 21.6 Å². The van der Waals surface area contributed by atoms with Crippen LogP contribution in [0.5, 0.6) is 0 Å². The molecule has 0 atom stereocenters. The monoisotopic (exact) mass is 322 g/mol. The summed E-state index contributed by atoms with van der Waals surface area (Å²) in [6.07, 6.45) is -3.17. The Morgan fingerprint density at radius 3 is 2.43 bits per heavy atom. The first kappa shape index (κ1) is 15.6. The van der Waals surface area contributed by atoms with Gasteiger partial charge in [0.25, 0.3) is 10.2 Å². The second-order valence-electron chi connectivity index (χ2n) is 4.67. The van der Waals surface area contributed by atoms with Crippen molar-refractivity contribution in [3.63, 3.8) is 0 Å². The number of amidine groups is 1. The molecule has 1 aromatic carbocycles. The molecule has 1 aromatic rings. The molecule has 0 unspecified atom stereocenters. The molecule has 0 amide bonds. The summed E-state index contributed by atoms with van der Waals surface area (Å²) < 4.78 is 65.8. The van der Waals surface area contributed by atoms with Gasteiger partial charge < -0.3 is 5.73 Å². The number of nitrogens with two attached hydrogens (primary N) is 1. The van der Waals surface area contributed by atoms with Crippen molar-refractivity contribution in [1.29, 1.82) is 5.41 Å². The van der Waals surface area contributed by atoms with Gasteiger partial charge >= 0.3 is 6.18 Å². The smallest absolute Gasteiger partial charge is 0.384 e. The Bertz CT molecular complexity index is 669. The second-order valence-corrected chi connectivity index (χ2v) is 6.12. The molecule has 5 N–H and O–H groups in total. The molecule has 2 rings (SSSR count). The summed E-state index contributed by atoms with van der Waals surface area (Å²) in [5, 5.41) is 7.29. The fourth-order valence-electron chi connectivity index (χ4n) is 1.63. The average Bonchev–Trinajstić information content (AvgIpc) is 3.10. The SMILES string of the molecule is N=C(N)c1cc(C(F)(F)F)ccc1NS(=O)(=O)NC1CC1. The molecular weight excluding hydrogens is 309 g/mol. The lowest BCUT2D eigenvalue weighted by Gasteiger charge is -2.14. The van der Waals surface area contributed by atoms with Crippen LogP contribution < -0.4 is 15.2 Å². The highest BCUT2D eigenvalue weighted by Gasteiger charge is 2.32. The largest absolute Gasteiger partial charge is 0.416 e. The van der Waals surface area contributed by atoms with Crippen molar-refractivity contribution in [3.05, 3.63) is 29.3 Å². The molecule has 21 heavy (non-hydrogen) atoms. The van der Waals surface area contributed by atoms with Crippen molar-refractivity contribution in [3.8, 4) is 0 Å². The topological polar surface area (TPSA) is 108 Å². The number of hydrogen-bond acceptors (Lipinski definition) is 3. The van der Waals surface area contributed by atoms with Crippen LogP contribution in [0.2, 0.25) is 0 Å². The first-order valence-corrected chi connectivity index (χ1v) is 7.42. The van der Waals surface area contributed by atoms with Crippen molar-refractivity contribution in [2.45, 2.75) is 25.1 Å². The summed E-state index contributed by atoms with van der Waals surface area (Å²) in [6, 6.07) is 2.14. The highest BCUT2D eigenvalue weighted by atomic mass is 32.2. The Morgan fingerprint density at radius 1 is 1.33 bits per heavy atom. The minimum atomic E-state index is -4.60. The van der Waals surface area contributed by atoms with Gasteiger partial charge in [-0.25, -0.2) is 0 Å². The van der Waals surface area contributed by atoms with Crippen LogP contribution in [0.4, 0.5) is 18.9 Å². The van der Waals surface area contributed by atoms with E-state index in [2.05, 4.69) is 9.44 Å². The summed E-state index contributed by atoms with van der Waals surface area (Å²) in [7, 11) is -3.91. The van der Waals surface area contributed by atoms with E-state index < -0.39 is 27.8 Å². The van der Waals surface area contributed by atoms with Crippen molar-refractivity contribution >= 4 is 21.7 Å². The van der Waals surface area contributed by atoms with Crippen LogP contribution >= 0.6 is 0 Å². The molecule has 1 saturated carbocycles. The molecule has 0 saturated heterocycles. The molecule has 0 aromatic heterocycles. The lowest BCUT2D eigenvalue weighted by molar-refractivity contribution is -0.137. The maximum absolute atomic E-state index is 12.6. The summed E-state index contributed by atoms with van der Waals surface area (Å²) in [5.74, 6) is -0.662. The zero-order valence-electron chi connectivity index (χ0n) is 10.7. The zero-order chi connectivity index (χ0) is 15.8. The van der Waals surface area contributed by atoms with Gasteiger partial charge in [-0.1, -0.05) is 0 Å². The van der Waals surface area contributed by atoms with Gasteiger partial charge in [0.05, 0.1) is 11.3 Å². The van der Waals surface area contributed by atoms with E-state index >= 15 is 0 Å². The van der Waals surface area contributed by atoms with Crippen molar-refractivity contribution < 1.29 is 21.6 Å². The van der Waals surface area contributed by atoms with Crippen LogP contribution in [0, 0.1) is 5.41 Å². The quantitative estimate of drug-likeness (QED) is 0.486. The van der Waals surface area contributed by atoms with E-state index in [-0.39, 0.29) is 17.3 Å². The van der Waals surface area contributed by atoms with Crippen molar-refractivity contribution in [2.75, 3.05) is 4.72 Å². The Morgan fingerprint density at radius 2 is 1.95 bits per heavy atom. The van der Waals surface area contributed by atoms with Gasteiger partial charge in [0.1, 0.15) is 5.84 Å². The van der Waals surface area contributed by atoms with Crippen LogP contribution in [0.1, 0.15) is 24.0 Å². The normalized spacial score (nSPS) is 15.8. The summed E-state index contributed by atoms with van der Waals surface area (Å²) in [6.45, 7) is 0. The Balaban J connectivity index is 2.32. The molecule has 116 valence electrons. The Labute approximate surface area is 119 Å². The van der Waals surface area contributed by atoms with E-state index in [1.807, 2.05) is 0 Å². The predicted molar refractivity (Wildman–Crippen MR) is 71.2 cm³/mol. The predicted octanol–water partition coefficient (Wildman–Crippen LogP) is 1.40. The first-order valence-electron chi connectivity index (χ1n) is 5.94. The molecule has 0 spiro atoms. The van der Waals surface area contributed by atoms with E-state index in [1.165, 1.54) is 0 Å². The van der Waals surface area contributed by atoms with Crippen molar-refractivity contribution in [1.82, 2.24) is 4.72 Å². The lowest BCUT2D eigenvalue weighted by atomic mass is 10.1. The molecular formula is C11H13F3N4O2S. The minimum Gasteiger partial charge on any atom is -0.384 e. The highest BCUT2D eigenvalue weighted by molar-refractivity contribution is 7.90. The lowest BCUT2D eigenvalue weighted by Crippen LogP contribution is -2.32. The molecule has 0 heterocycles. The summed E-state index contributed by atoms with van der Waals surface area (Å²) in [5.41, 5.74) is 3.71. The third-order valence-electron chi connectivity index (χ3n) is 2.78. The van der Waals surface area contributed by atoms with Crippen LogP contribution in [0.15, 0.2) is 18.2 Å². The zero-order valence-corrected chi connectivity index (χ0v) is 11.5. The second kappa shape index (κ2) is 5.19. The average molecular weight is 322 g/mol. The van der Waals surface area contributed by atoms with Gasteiger partial charge in [0, 0.05) is 11.6 Å². The molecule has 0 bridgehead atoms. The molecule has 0 radical (unpaired) electrons. The minimum absolute atomic E-state index is 0.155. The Hall–Kier alpha value is -1.81. The number of halogens is 3. The van der Waals surface area contributed by atoms with E-state index in [0.29, 0.717) is 18.9 Å².